The molecule has 0 N–H and O–H groups in total. The number of fused-ring (bicyclic) bond motifs is 1. The molecular weight excluding hydrogens is 316 g/mol. The summed E-state index contributed by atoms with van der Waals surface area (Å²) in [5, 5.41) is 0. The Morgan fingerprint density at radius 2 is 2.17 bits per heavy atom. The molecule has 2 rings (SSSR count). The van der Waals surface area contributed by atoms with E-state index in [-0.39, 0.29) is 21.1 Å². The number of benzene rings is 1. The molecule has 0 amide bonds. The van der Waals surface area contributed by atoms with Gasteiger partial charge in [0.1, 0.15) is 0 Å². The minimum Gasteiger partial charge on any atom is -0.189 e. The molecule has 0 nitrogen and oxygen atoms in total. The van der Waals surface area contributed by atoms with Gasteiger partial charge in [0.15, 0.2) is 0 Å². The van der Waals surface area contributed by atoms with Gasteiger partial charge in [-0.1, -0.05) is 24.8 Å². The Morgan fingerprint density at radius 3 is 3.00 bits per heavy atom. The van der Waals surface area contributed by atoms with E-state index in [0.29, 0.717) is 0 Å². The Labute approximate surface area is 88.6 Å². The van der Waals surface area contributed by atoms with Crippen LogP contribution in [0, 0.1) is 13.3 Å². The number of hydrogen-bond donors (Lipinski definition) is 0. The maximum atomic E-state index is 2.35. The zero-order valence-electron chi connectivity index (χ0n) is 7.34. The van der Waals surface area contributed by atoms with Crippen LogP contribution in [0.4, 0.5) is 0 Å². The van der Waals surface area contributed by atoms with Gasteiger partial charge in [0, 0.05) is 21.1 Å². The summed E-state index contributed by atoms with van der Waals surface area (Å²) in [6.07, 6.45) is 6.21. The van der Waals surface area contributed by atoms with Crippen LogP contribution in [0.3, 0.4) is 0 Å². The van der Waals surface area contributed by atoms with Crippen LogP contribution >= 0.6 is 0 Å². The van der Waals surface area contributed by atoms with Gasteiger partial charge in [-0.2, -0.15) is 18.1 Å². The molecule has 64 valence electrons. The fraction of sp³-hybridized carbons (Fsp3) is 0.364. The van der Waals surface area contributed by atoms with Crippen molar-refractivity contribution in [1.82, 2.24) is 0 Å². The monoisotopic (exact) mass is 329 g/mol. The van der Waals surface area contributed by atoms with E-state index < -0.39 is 0 Å². The minimum absolute atomic E-state index is 0. The Hall–Kier alpha value is -0.222. The van der Waals surface area contributed by atoms with Gasteiger partial charge in [-0.05, 0) is 6.92 Å². The van der Waals surface area contributed by atoms with Crippen molar-refractivity contribution in [1.29, 1.82) is 0 Å². The molecule has 0 saturated heterocycles. The molecule has 0 bridgehead atoms. The van der Waals surface area contributed by atoms with Crippen molar-refractivity contribution in [3.05, 3.63) is 41.3 Å². The van der Waals surface area contributed by atoms with Crippen LogP contribution in [-0.4, -0.2) is 0 Å². The maximum absolute atomic E-state index is 2.35. The van der Waals surface area contributed by atoms with E-state index in [1.807, 2.05) is 0 Å². The molecule has 1 aromatic rings. The average Bonchev–Trinajstić information content (AvgIpc) is 2.04. The summed E-state index contributed by atoms with van der Waals surface area (Å²) in [5.41, 5.74) is 4.39. The second-order valence-corrected chi connectivity index (χ2v) is 3.30. The molecular formula is C11H13W-. The third kappa shape index (κ3) is 1.93. The predicted octanol–water partition coefficient (Wildman–Crippen LogP) is 2.88. The average molecular weight is 329 g/mol. The third-order valence-corrected chi connectivity index (χ3v) is 2.31. The van der Waals surface area contributed by atoms with E-state index in [1.54, 1.807) is 0 Å². The zero-order chi connectivity index (χ0) is 7.68. The summed E-state index contributed by atoms with van der Waals surface area (Å²) in [6, 6.07) is 6.75. The summed E-state index contributed by atoms with van der Waals surface area (Å²) in [4.78, 5) is 0. The summed E-state index contributed by atoms with van der Waals surface area (Å²) >= 11 is 0. The Balaban J connectivity index is 0.000000720. The van der Waals surface area contributed by atoms with Crippen LogP contribution in [0.1, 0.15) is 29.5 Å². The molecule has 0 fully saturated rings. The maximum Gasteiger partial charge on any atom is 0 e. The number of rotatable bonds is 0. The summed E-state index contributed by atoms with van der Waals surface area (Å²) in [5.74, 6) is 0. The van der Waals surface area contributed by atoms with Crippen LogP contribution in [0.25, 0.3) is 0 Å². The fourth-order valence-corrected chi connectivity index (χ4v) is 1.70. The summed E-state index contributed by atoms with van der Waals surface area (Å²) in [7, 11) is 0. The smallest absolute Gasteiger partial charge is 0 e. The van der Waals surface area contributed by atoms with Crippen molar-refractivity contribution in [2.24, 2.45) is 0 Å². The van der Waals surface area contributed by atoms with E-state index in [2.05, 4.69) is 31.5 Å². The molecule has 0 spiro atoms. The van der Waals surface area contributed by atoms with E-state index in [0.717, 1.165) is 0 Å². The van der Waals surface area contributed by atoms with Gasteiger partial charge in [0.25, 0.3) is 0 Å². The van der Waals surface area contributed by atoms with E-state index in [9.17, 15) is 0 Å². The largest absolute Gasteiger partial charge is 0.189 e. The summed E-state index contributed by atoms with van der Waals surface area (Å²) in [6.45, 7) is 2.16. The van der Waals surface area contributed by atoms with Gasteiger partial charge in [-0.15, -0.1) is 17.7 Å². The number of hydrogen-bond acceptors (Lipinski definition) is 0. The van der Waals surface area contributed by atoms with Gasteiger partial charge in [0.05, 0.1) is 0 Å². The molecule has 0 saturated carbocycles. The first kappa shape index (κ1) is 9.86. The number of aryl methyl sites for hydroxylation is 2. The third-order valence-electron chi connectivity index (χ3n) is 2.31. The van der Waals surface area contributed by atoms with Gasteiger partial charge in [-0.3, -0.25) is 0 Å². The molecule has 0 unspecified atom stereocenters. The molecule has 1 aliphatic carbocycles. The van der Waals surface area contributed by atoms with Gasteiger partial charge >= 0.3 is 0 Å². The van der Waals surface area contributed by atoms with Gasteiger partial charge in [0.2, 0.25) is 0 Å². The Bertz CT molecular complexity index is 266. The Kier molecular flexibility index (Phi) is 3.40. The summed E-state index contributed by atoms with van der Waals surface area (Å²) < 4.78 is 0. The SMILES string of the molecule is Cc1ccc2c(c1)CCC[CH-]2.[W]. The van der Waals surface area contributed by atoms with Crippen LogP contribution in [0.15, 0.2) is 18.2 Å². The Morgan fingerprint density at radius 1 is 1.33 bits per heavy atom. The van der Waals surface area contributed by atoms with Gasteiger partial charge in [-0.25, -0.2) is 0 Å². The quantitative estimate of drug-likeness (QED) is 0.642. The molecule has 0 atom stereocenters. The van der Waals surface area contributed by atoms with E-state index in [1.165, 1.54) is 36.0 Å². The fourth-order valence-electron chi connectivity index (χ4n) is 1.70. The van der Waals surface area contributed by atoms with Crippen LogP contribution in [-0.2, 0) is 27.5 Å². The molecule has 1 aromatic carbocycles. The van der Waals surface area contributed by atoms with Crippen LogP contribution in [0.2, 0.25) is 0 Å². The second kappa shape index (κ2) is 4.14. The molecule has 12 heavy (non-hydrogen) atoms. The minimum atomic E-state index is 0. The molecule has 0 heterocycles. The zero-order valence-corrected chi connectivity index (χ0v) is 10.3. The standard InChI is InChI=1S/C11H13.W/c1-9-6-7-10-4-2-3-5-11(10)8-9;/h4,6-8H,2-3,5H2,1H3;/q-1;. The second-order valence-electron chi connectivity index (χ2n) is 3.30. The van der Waals surface area contributed by atoms with E-state index >= 15 is 0 Å². The molecule has 1 heteroatoms. The first-order valence-corrected chi connectivity index (χ1v) is 4.29. The van der Waals surface area contributed by atoms with Crippen molar-refractivity contribution in [3.8, 4) is 0 Å². The molecule has 0 aliphatic heterocycles. The normalized spacial score (nSPS) is 14.1. The first-order valence-electron chi connectivity index (χ1n) is 4.29. The van der Waals surface area contributed by atoms with E-state index in [4.69, 9.17) is 0 Å². The van der Waals surface area contributed by atoms with Crippen molar-refractivity contribution in [3.63, 3.8) is 0 Å². The van der Waals surface area contributed by atoms with Crippen molar-refractivity contribution < 1.29 is 21.1 Å². The first-order chi connectivity index (χ1) is 5.36. The van der Waals surface area contributed by atoms with Crippen molar-refractivity contribution in [2.75, 3.05) is 0 Å². The molecule has 1 aliphatic rings. The van der Waals surface area contributed by atoms with Crippen molar-refractivity contribution in [2.45, 2.75) is 26.2 Å². The van der Waals surface area contributed by atoms with Crippen molar-refractivity contribution >= 4 is 0 Å². The molecule has 0 radical (unpaired) electrons. The molecule has 0 aromatic heterocycles. The van der Waals surface area contributed by atoms with Gasteiger partial charge < -0.3 is 0 Å². The van der Waals surface area contributed by atoms with Crippen LogP contribution < -0.4 is 0 Å². The predicted molar refractivity (Wildman–Crippen MR) is 47.5 cm³/mol. The van der Waals surface area contributed by atoms with Crippen LogP contribution in [0.5, 0.6) is 0 Å². The topological polar surface area (TPSA) is 0 Å².